The Labute approximate surface area is 114 Å². The lowest BCUT2D eigenvalue weighted by Crippen LogP contribution is -2.42. The summed E-state index contributed by atoms with van der Waals surface area (Å²) in [6.07, 6.45) is 1.65. The second kappa shape index (κ2) is 5.21. The zero-order valence-electron chi connectivity index (χ0n) is 11.5. The average Bonchev–Trinajstić information content (AvgIpc) is 2.97. The lowest BCUT2D eigenvalue weighted by atomic mass is 10.1. The Morgan fingerprint density at radius 1 is 1.47 bits per heavy atom. The first kappa shape index (κ1) is 13.9. The third kappa shape index (κ3) is 3.70. The Hall–Kier alpha value is -1.55. The van der Waals surface area contributed by atoms with Gasteiger partial charge in [-0.3, -0.25) is 4.79 Å². The van der Waals surface area contributed by atoms with E-state index in [1.807, 2.05) is 0 Å². The molecular weight excluding hydrogens is 240 g/mol. The van der Waals surface area contributed by atoms with E-state index in [4.69, 9.17) is 5.73 Å². The molecule has 19 heavy (non-hydrogen) atoms. The van der Waals surface area contributed by atoms with Crippen molar-refractivity contribution < 1.29 is 9.90 Å². The van der Waals surface area contributed by atoms with Crippen LogP contribution in [0, 0.1) is 11.3 Å². The third-order valence-corrected chi connectivity index (χ3v) is 3.97. The molecule has 4 N–H and O–H groups in total. The van der Waals surface area contributed by atoms with Crippen molar-refractivity contribution in [2.24, 2.45) is 17.1 Å². The molecule has 0 heterocycles. The number of hydrogen-bond acceptors (Lipinski definition) is 3. The molecule has 0 aliphatic heterocycles. The van der Waals surface area contributed by atoms with Gasteiger partial charge in [-0.2, -0.15) is 0 Å². The normalized spacial score (nSPS) is 21.7. The van der Waals surface area contributed by atoms with Crippen molar-refractivity contribution in [1.82, 2.24) is 5.32 Å². The number of hydrogen-bond donors (Lipinski definition) is 3. The van der Waals surface area contributed by atoms with Gasteiger partial charge in [-0.1, -0.05) is 26.0 Å². The van der Waals surface area contributed by atoms with Crippen LogP contribution in [-0.2, 0) is 11.2 Å². The molecule has 1 amide bonds. The van der Waals surface area contributed by atoms with Crippen LogP contribution in [0.3, 0.4) is 0 Å². The Morgan fingerprint density at radius 2 is 2.05 bits per heavy atom. The molecule has 1 saturated carbocycles. The molecule has 2 atom stereocenters. The van der Waals surface area contributed by atoms with Crippen molar-refractivity contribution in [3.05, 3.63) is 29.8 Å². The standard InChI is InChI=1S/C15H22N2O2/c1-15(2)8-11(15)9-17-14(19)13(16)7-10-3-5-12(18)6-4-10/h3-6,11,13,18H,7-9,16H2,1-2H3,(H,17,19). The van der Waals surface area contributed by atoms with Gasteiger partial charge in [-0.15, -0.1) is 0 Å². The zero-order valence-corrected chi connectivity index (χ0v) is 11.5. The summed E-state index contributed by atoms with van der Waals surface area (Å²) in [5.41, 5.74) is 7.21. The quantitative estimate of drug-likeness (QED) is 0.751. The summed E-state index contributed by atoms with van der Waals surface area (Å²) in [5.74, 6) is 0.700. The van der Waals surface area contributed by atoms with E-state index in [1.165, 1.54) is 6.42 Å². The lowest BCUT2D eigenvalue weighted by Gasteiger charge is -2.13. The first-order valence-electron chi connectivity index (χ1n) is 6.70. The molecule has 4 heteroatoms. The van der Waals surface area contributed by atoms with E-state index in [1.54, 1.807) is 24.3 Å². The van der Waals surface area contributed by atoms with Crippen LogP contribution in [0.2, 0.25) is 0 Å². The fourth-order valence-electron chi connectivity index (χ4n) is 2.26. The molecule has 1 aromatic carbocycles. The summed E-state index contributed by atoms with van der Waals surface area (Å²) >= 11 is 0. The number of amides is 1. The minimum Gasteiger partial charge on any atom is -0.508 e. The van der Waals surface area contributed by atoms with E-state index in [0.717, 1.165) is 12.1 Å². The van der Waals surface area contributed by atoms with Gasteiger partial charge in [-0.25, -0.2) is 0 Å². The zero-order chi connectivity index (χ0) is 14.0. The molecule has 1 aliphatic rings. The van der Waals surface area contributed by atoms with Gasteiger partial charge in [-0.05, 0) is 41.9 Å². The van der Waals surface area contributed by atoms with Gasteiger partial charge in [0.05, 0.1) is 6.04 Å². The van der Waals surface area contributed by atoms with Crippen LogP contribution in [0.4, 0.5) is 0 Å². The van der Waals surface area contributed by atoms with Gasteiger partial charge in [0.25, 0.3) is 0 Å². The fraction of sp³-hybridized carbons (Fsp3) is 0.533. The van der Waals surface area contributed by atoms with E-state index >= 15 is 0 Å². The smallest absolute Gasteiger partial charge is 0.237 e. The number of carbonyl (C=O) groups is 1. The SMILES string of the molecule is CC1(C)CC1CNC(=O)C(N)Cc1ccc(O)cc1. The highest BCUT2D eigenvalue weighted by Crippen LogP contribution is 2.50. The molecular formula is C15H22N2O2. The first-order chi connectivity index (χ1) is 8.88. The third-order valence-electron chi connectivity index (χ3n) is 3.97. The van der Waals surface area contributed by atoms with Crippen LogP contribution in [-0.4, -0.2) is 23.6 Å². The van der Waals surface area contributed by atoms with Crippen LogP contribution < -0.4 is 11.1 Å². The minimum atomic E-state index is -0.536. The number of nitrogens with two attached hydrogens (primary N) is 1. The molecule has 1 aromatic rings. The minimum absolute atomic E-state index is 0.101. The Bertz CT molecular complexity index is 454. The molecule has 104 valence electrons. The molecule has 0 radical (unpaired) electrons. The lowest BCUT2D eigenvalue weighted by molar-refractivity contribution is -0.122. The molecule has 0 saturated heterocycles. The molecule has 1 aliphatic carbocycles. The maximum absolute atomic E-state index is 11.9. The number of aromatic hydroxyl groups is 1. The van der Waals surface area contributed by atoms with Gasteiger partial charge in [0.2, 0.25) is 5.91 Å². The Balaban J connectivity index is 1.77. The first-order valence-corrected chi connectivity index (χ1v) is 6.70. The second-order valence-electron chi connectivity index (χ2n) is 6.11. The van der Waals surface area contributed by atoms with Crippen LogP contribution in [0.15, 0.2) is 24.3 Å². The number of nitrogens with one attached hydrogen (secondary N) is 1. The monoisotopic (exact) mass is 262 g/mol. The van der Waals surface area contributed by atoms with Crippen molar-refractivity contribution in [2.45, 2.75) is 32.7 Å². The highest BCUT2D eigenvalue weighted by atomic mass is 16.3. The van der Waals surface area contributed by atoms with E-state index in [-0.39, 0.29) is 11.7 Å². The van der Waals surface area contributed by atoms with Gasteiger partial charge < -0.3 is 16.2 Å². The van der Waals surface area contributed by atoms with E-state index < -0.39 is 6.04 Å². The maximum Gasteiger partial charge on any atom is 0.237 e. The maximum atomic E-state index is 11.9. The van der Waals surface area contributed by atoms with Crippen LogP contribution >= 0.6 is 0 Å². The number of carbonyl (C=O) groups excluding carboxylic acids is 1. The summed E-state index contributed by atoms with van der Waals surface area (Å²) in [5, 5.41) is 12.1. The number of phenolic OH excluding ortho intramolecular Hbond substituents is 1. The number of phenols is 1. The van der Waals surface area contributed by atoms with Gasteiger partial charge in [0.1, 0.15) is 5.75 Å². The van der Waals surface area contributed by atoms with Crippen molar-refractivity contribution in [1.29, 1.82) is 0 Å². The average molecular weight is 262 g/mol. The van der Waals surface area contributed by atoms with E-state index in [2.05, 4.69) is 19.2 Å². The van der Waals surface area contributed by atoms with Crippen molar-refractivity contribution in [2.75, 3.05) is 6.54 Å². The van der Waals surface area contributed by atoms with Gasteiger partial charge in [0, 0.05) is 6.54 Å². The second-order valence-corrected chi connectivity index (χ2v) is 6.11. The van der Waals surface area contributed by atoms with Crippen LogP contribution in [0.5, 0.6) is 5.75 Å². The van der Waals surface area contributed by atoms with Crippen molar-refractivity contribution in [3.8, 4) is 5.75 Å². The summed E-state index contributed by atoms with van der Waals surface area (Å²) < 4.78 is 0. The molecule has 1 fully saturated rings. The Morgan fingerprint density at radius 3 is 2.58 bits per heavy atom. The highest BCUT2D eigenvalue weighted by Gasteiger charge is 2.45. The number of benzene rings is 1. The predicted octanol–water partition coefficient (Wildman–Crippen LogP) is 1.42. The fourth-order valence-corrected chi connectivity index (χ4v) is 2.26. The largest absolute Gasteiger partial charge is 0.508 e. The summed E-state index contributed by atoms with van der Waals surface area (Å²) in [6.45, 7) is 5.13. The Kier molecular flexibility index (Phi) is 3.80. The van der Waals surface area contributed by atoms with Gasteiger partial charge >= 0.3 is 0 Å². The summed E-state index contributed by atoms with van der Waals surface area (Å²) in [4.78, 5) is 11.9. The van der Waals surface area contributed by atoms with Gasteiger partial charge in [0.15, 0.2) is 0 Å². The number of rotatable bonds is 5. The summed E-state index contributed by atoms with van der Waals surface area (Å²) in [6, 6.07) is 6.24. The van der Waals surface area contributed by atoms with Crippen molar-refractivity contribution in [3.63, 3.8) is 0 Å². The molecule has 2 unspecified atom stereocenters. The molecule has 0 aromatic heterocycles. The highest BCUT2D eigenvalue weighted by molar-refractivity contribution is 5.81. The molecule has 0 spiro atoms. The van der Waals surface area contributed by atoms with Crippen molar-refractivity contribution >= 4 is 5.91 Å². The predicted molar refractivity (Wildman–Crippen MR) is 74.7 cm³/mol. The summed E-state index contributed by atoms with van der Waals surface area (Å²) in [7, 11) is 0. The van der Waals surface area contributed by atoms with E-state index in [9.17, 15) is 9.90 Å². The van der Waals surface area contributed by atoms with Crippen LogP contribution in [0.1, 0.15) is 25.8 Å². The molecule has 4 nitrogen and oxygen atoms in total. The molecule has 0 bridgehead atoms. The van der Waals surface area contributed by atoms with E-state index in [0.29, 0.717) is 17.8 Å². The van der Waals surface area contributed by atoms with Crippen LogP contribution in [0.25, 0.3) is 0 Å². The topological polar surface area (TPSA) is 75.4 Å². The molecule has 2 rings (SSSR count).